The summed E-state index contributed by atoms with van der Waals surface area (Å²) < 4.78 is 83.5. The van der Waals surface area contributed by atoms with Gasteiger partial charge in [0, 0.05) is 5.56 Å². The monoisotopic (exact) mass is 886 g/mol. The molecular formula is C29H22BBrCl2F6N6Na2O7. The molecule has 6 rings (SSSR count). The normalized spacial score (nSPS) is 10.6. The minimum Gasteiger partial charge on any atom is -1.00 e. The van der Waals surface area contributed by atoms with E-state index in [4.69, 9.17) is 43.3 Å². The van der Waals surface area contributed by atoms with Crippen molar-refractivity contribution in [2.75, 3.05) is 0 Å². The fourth-order valence-electron chi connectivity index (χ4n) is 3.86. The first-order chi connectivity index (χ1) is 24.3. The van der Waals surface area contributed by atoms with Crippen LogP contribution in [0, 0.1) is 13.8 Å². The summed E-state index contributed by atoms with van der Waals surface area (Å²) in [5.74, 6) is -0.791. The van der Waals surface area contributed by atoms with Gasteiger partial charge in [-0.15, -0.1) is 26.3 Å². The van der Waals surface area contributed by atoms with Gasteiger partial charge in [0.25, 0.3) is 6.47 Å². The summed E-state index contributed by atoms with van der Waals surface area (Å²) in [6.07, 6.45) is -6.31. The first-order valence-electron chi connectivity index (χ1n) is 13.8. The average molecular weight is 888 g/mol. The molecule has 13 nitrogen and oxygen atoms in total. The number of carbonyl (C=O) groups excluding carboxylic acids is 1. The zero-order valence-corrected chi connectivity index (χ0v) is 35.2. The molecule has 0 bridgehead atoms. The molecule has 0 fully saturated rings. The topological polar surface area (TPSA) is 169 Å². The smallest absolute Gasteiger partial charge is 1.00 e. The van der Waals surface area contributed by atoms with Crippen molar-refractivity contribution in [2.45, 2.75) is 26.6 Å². The molecule has 0 saturated carbocycles. The fourth-order valence-corrected chi connectivity index (χ4v) is 4.48. The molecule has 278 valence electrons. The van der Waals surface area contributed by atoms with Crippen LogP contribution >= 0.6 is 39.1 Å². The minimum atomic E-state index is -4.78. The molecule has 4 heterocycles. The maximum absolute atomic E-state index is 12.3. The van der Waals surface area contributed by atoms with Crippen LogP contribution in [0.5, 0.6) is 11.5 Å². The van der Waals surface area contributed by atoms with Gasteiger partial charge >= 0.3 is 79.0 Å². The largest absolute Gasteiger partial charge is 1.00 e. The van der Waals surface area contributed by atoms with Crippen molar-refractivity contribution in [3.63, 3.8) is 0 Å². The van der Waals surface area contributed by atoms with Crippen molar-refractivity contribution in [1.29, 1.82) is 0 Å². The molecule has 0 aliphatic heterocycles. The third-order valence-electron chi connectivity index (χ3n) is 6.00. The van der Waals surface area contributed by atoms with Crippen molar-refractivity contribution in [3.8, 4) is 22.8 Å². The number of hydrogen-bond acceptors (Lipinski definition) is 11. The van der Waals surface area contributed by atoms with Crippen LogP contribution < -0.4 is 79.3 Å². The van der Waals surface area contributed by atoms with Crippen LogP contribution in [0.4, 0.5) is 26.3 Å². The molecule has 0 spiro atoms. The van der Waals surface area contributed by atoms with E-state index in [0.717, 1.165) is 33.5 Å². The van der Waals surface area contributed by atoms with Crippen molar-refractivity contribution < 1.29 is 121 Å². The van der Waals surface area contributed by atoms with Crippen molar-refractivity contribution in [1.82, 2.24) is 29.2 Å². The number of benzene rings is 2. The molecule has 0 aliphatic carbocycles. The second-order valence-electron chi connectivity index (χ2n) is 9.76. The molecule has 0 saturated heterocycles. The van der Waals surface area contributed by atoms with Gasteiger partial charge in [-0.3, -0.25) is 4.79 Å². The Morgan fingerprint density at radius 2 is 1.28 bits per heavy atom. The average Bonchev–Trinajstić information content (AvgIpc) is 3.63. The number of aromatic nitrogens is 6. The number of hydrogen-bond donors (Lipinski definition) is 2. The molecular weight excluding hydrogens is 866 g/mol. The third kappa shape index (κ3) is 15.5. The summed E-state index contributed by atoms with van der Waals surface area (Å²) in [5, 5.41) is 34.8. The summed E-state index contributed by atoms with van der Waals surface area (Å²) in [7, 11) is -1.81. The van der Waals surface area contributed by atoms with Gasteiger partial charge in [-0.05, 0) is 82.8 Å². The van der Waals surface area contributed by atoms with Crippen LogP contribution in [-0.2, 0) is 9.68 Å². The predicted octanol–water partition coefficient (Wildman–Crippen LogP) is -0.469. The Bertz CT molecular complexity index is 2140. The summed E-state index contributed by atoms with van der Waals surface area (Å²) in [5.41, 5.74) is 3.99. The number of alkyl halides is 6. The molecule has 0 atom stereocenters. The molecule has 0 amide bonds. The van der Waals surface area contributed by atoms with Crippen LogP contribution in [0.1, 0.15) is 12.6 Å². The van der Waals surface area contributed by atoms with E-state index in [1.807, 2.05) is 13.0 Å². The summed E-state index contributed by atoms with van der Waals surface area (Å²) in [6, 6.07) is 13.7. The second-order valence-corrected chi connectivity index (χ2v) is 11.3. The predicted molar refractivity (Wildman–Crippen MR) is 176 cm³/mol. The molecule has 0 radical (unpaired) electrons. The van der Waals surface area contributed by atoms with Gasteiger partial charge in [-0.1, -0.05) is 47.5 Å². The van der Waals surface area contributed by atoms with E-state index in [-0.39, 0.29) is 78.2 Å². The van der Waals surface area contributed by atoms with Gasteiger partial charge in [-0.2, -0.15) is 10.2 Å². The number of ether oxygens (including phenoxy) is 2. The molecule has 4 aromatic heterocycles. The fraction of sp³-hybridized carbons (Fsp3) is 0.138. The summed E-state index contributed by atoms with van der Waals surface area (Å²) >= 11 is 15.1. The van der Waals surface area contributed by atoms with E-state index in [1.54, 1.807) is 29.8 Å². The van der Waals surface area contributed by atoms with Gasteiger partial charge in [0.2, 0.25) is 0 Å². The third-order valence-corrected chi connectivity index (χ3v) is 7.29. The Hall–Kier alpha value is -2.67. The number of halogens is 9. The quantitative estimate of drug-likeness (QED) is 0.0756. The zero-order valence-electron chi connectivity index (χ0n) is 29.1. The molecule has 54 heavy (non-hydrogen) atoms. The van der Waals surface area contributed by atoms with Gasteiger partial charge < -0.3 is 31.1 Å². The molecule has 6 aromatic rings. The van der Waals surface area contributed by atoms with Gasteiger partial charge in [0.1, 0.15) is 16.1 Å². The Kier molecular flexibility index (Phi) is 20.3. The van der Waals surface area contributed by atoms with Crippen LogP contribution in [0.25, 0.3) is 22.6 Å². The van der Waals surface area contributed by atoms with E-state index in [2.05, 4.69) is 50.5 Å². The molecule has 25 heteroatoms. The van der Waals surface area contributed by atoms with Crippen molar-refractivity contribution in [2.24, 2.45) is 0 Å². The Morgan fingerprint density at radius 1 is 0.815 bits per heavy atom. The van der Waals surface area contributed by atoms with Crippen molar-refractivity contribution in [3.05, 3.63) is 99.1 Å². The van der Waals surface area contributed by atoms with Crippen LogP contribution in [0.3, 0.4) is 0 Å². The number of nitrogens with zero attached hydrogens (tertiary/aromatic N) is 6. The number of imidazole rings is 2. The van der Waals surface area contributed by atoms with E-state index in [1.165, 1.54) is 41.0 Å². The van der Waals surface area contributed by atoms with E-state index in [9.17, 15) is 26.3 Å². The first kappa shape index (κ1) is 49.4. The van der Waals surface area contributed by atoms with Crippen LogP contribution in [-0.4, -0.2) is 65.6 Å². The summed E-state index contributed by atoms with van der Waals surface area (Å²) in [6.45, 7) is 3.51. The Labute approximate surface area is 365 Å². The summed E-state index contributed by atoms with van der Waals surface area (Å²) in [4.78, 5) is 19.5. The van der Waals surface area contributed by atoms with Gasteiger partial charge in [0.15, 0.2) is 21.6 Å². The zero-order chi connectivity index (χ0) is 38.8. The molecule has 2 aromatic carbocycles. The number of rotatable bonds is 5. The first-order valence-corrected chi connectivity index (χ1v) is 15.3. The second kappa shape index (κ2) is 22.2. The molecule has 0 unspecified atom stereocenters. The van der Waals surface area contributed by atoms with Gasteiger partial charge in [-0.25, -0.2) is 19.0 Å². The number of carbonyl (C=O) groups is 1. The van der Waals surface area contributed by atoms with E-state index < -0.39 is 25.6 Å². The Balaban J connectivity index is 0.000000772. The standard InChI is InChI=1S/C14H9ClF3N3O.C7H6BF3O3.C7H5BrClN3.CH2O3.2Na.H/c1-8-5-12-19-7-11(21(12)20-13(8)15)9-3-2-4-10(6-9)22-14(16,17)18;9-7(10,11)14-6-3-1-2-5(4-6)8(12)13;1-4-2-6-10-3-5(8)12(6)11-7(4)9;2-1-4-3;;;/h2-7H,1H3;1-4,12-13H;2-3H,1H3;1,3H;;;/q;;;;2*+1;-1/p-1. The van der Waals surface area contributed by atoms with Crippen LogP contribution in [0.15, 0.2) is 77.7 Å². The van der Waals surface area contributed by atoms with Crippen LogP contribution in [0.2, 0.25) is 10.3 Å². The van der Waals surface area contributed by atoms with E-state index >= 15 is 0 Å². The van der Waals surface area contributed by atoms with Crippen molar-refractivity contribution >= 4 is 69.5 Å². The maximum atomic E-state index is 12.3. The Morgan fingerprint density at radius 3 is 1.78 bits per heavy atom. The number of aryl methyl sites for hydroxylation is 2. The number of fused-ring (bicyclic) bond motifs is 2. The van der Waals surface area contributed by atoms with Gasteiger partial charge in [0.05, 0.1) is 18.1 Å². The SMILES string of the molecule is Cc1cc2ncc(-c3cccc(OC(F)(F)F)c3)n2nc1Cl.Cc1cc2ncc(Br)n2nc1Cl.O=CO[O-].OB(O)c1cccc(OC(F)(F)F)c1.[H-].[Na+].[Na+]. The van der Waals surface area contributed by atoms with E-state index in [0.29, 0.717) is 27.2 Å². The molecule has 0 aliphatic rings. The minimum absolute atomic E-state index is 0. The molecule has 2 N–H and O–H groups in total. The maximum Gasteiger partial charge on any atom is 1.00 e.